The van der Waals surface area contributed by atoms with Crippen molar-refractivity contribution in [2.24, 2.45) is 0 Å². The van der Waals surface area contributed by atoms with Gasteiger partial charge in [-0.1, -0.05) is 31.9 Å². The van der Waals surface area contributed by atoms with Crippen LogP contribution in [-0.4, -0.2) is 28.1 Å². The lowest BCUT2D eigenvalue weighted by Gasteiger charge is -2.14. The summed E-state index contributed by atoms with van der Waals surface area (Å²) in [4.78, 5) is 22.7. The maximum absolute atomic E-state index is 11.7. The smallest absolute Gasteiger partial charge is 0.326 e. The summed E-state index contributed by atoms with van der Waals surface area (Å²) in [5.41, 5.74) is 0.650. The summed E-state index contributed by atoms with van der Waals surface area (Å²) in [6, 6.07) is 5.51. The highest BCUT2D eigenvalue weighted by atomic mass is 16.4. The van der Waals surface area contributed by atoms with E-state index in [2.05, 4.69) is 5.32 Å². The first kappa shape index (κ1) is 15.0. The number of unbranched alkanes of at least 4 members (excludes halogenated alkanes) is 1. The van der Waals surface area contributed by atoms with Crippen LogP contribution in [0.3, 0.4) is 0 Å². The highest BCUT2D eigenvalue weighted by Gasteiger charge is 2.19. The van der Waals surface area contributed by atoms with Crippen LogP contribution < -0.4 is 5.32 Å². The summed E-state index contributed by atoms with van der Waals surface area (Å²) in [6.07, 6.45) is 2.12. The molecular formula is C14H19NO4. The van der Waals surface area contributed by atoms with Crippen molar-refractivity contribution in [1.29, 1.82) is 0 Å². The van der Waals surface area contributed by atoms with Crippen LogP contribution in [0.15, 0.2) is 24.3 Å². The molecule has 19 heavy (non-hydrogen) atoms. The molecule has 0 heterocycles. The van der Waals surface area contributed by atoms with Gasteiger partial charge in [-0.25, -0.2) is 4.79 Å². The van der Waals surface area contributed by atoms with E-state index in [1.165, 1.54) is 12.1 Å². The van der Waals surface area contributed by atoms with Crippen LogP contribution in [0.1, 0.15) is 31.7 Å². The van der Waals surface area contributed by atoms with Crippen molar-refractivity contribution in [2.45, 2.75) is 38.6 Å². The Morgan fingerprint density at radius 1 is 1.37 bits per heavy atom. The molecule has 0 radical (unpaired) electrons. The highest BCUT2D eigenvalue weighted by molar-refractivity contribution is 5.84. The van der Waals surface area contributed by atoms with Crippen molar-refractivity contribution in [3.8, 4) is 5.75 Å². The quantitative estimate of drug-likeness (QED) is 0.700. The monoisotopic (exact) mass is 265 g/mol. The van der Waals surface area contributed by atoms with E-state index < -0.39 is 12.0 Å². The van der Waals surface area contributed by atoms with Crippen LogP contribution in [0, 0.1) is 0 Å². The maximum atomic E-state index is 11.7. The minimum atomic E-state index is -1.02. The Hall–Kier alpha value is -2.04. The molecule has 1 atom stereocenters. The molecule has 0 aromatic heterocycles. The molecule has 0 aliphatic rings. The molecule has 5 heteroatoms. The number of carbonyl (C=O) groups is 2. The normalized spacial score (nSPS) is 11.8. The Kier molecular flexibility index (Phi) is 5.85. The van der Waals surface area contributed by atoms with Gasteiger partial charge in [-0.15, -0.1) is 0 Å². The maximum Gasteiger partial charge on any atom is 0.326 e. The Morgan fingerprint density at radius 2 is 2.11 bits per heavy atom. The minimum absolute atomic E-state index is 0.0598. The lowest BCUT2D eigenvalue weighted by Crippen LogP contribution is -2.41. The molecule has 0 unspecified atom stereocenters. The van der Waals surface area contributed by atoms with E-state index in [0.717, 1.165) is 12.8 Å². The fourth-order valence-electron chi connectivity index (χ4n) is 1.76. The molecule has 0 aliphatic heterocycles. The van der Waals surface area contributed by atoms with Gasteiger partial charge in [0, 0.05) is 0 Å². The minimum Gasteiger partial charge on any atom is -0.508 e. The first-order chi connectivity index (χ1) is 9.02. The number of rotatable bonds is 7. The number of amides is 1. The van der Waals surface area contributed by atoms with Gasteiger partial charge in [0.25, 0.3) is 0 Å². The van der Waals surface area contributed by atoms with Gasteiger partial charge in [-0.2, -0.15) is 0 Å². The third kappa shape index (κ3) is 5.42. The van der Waals surface area contributed by atoms with Crippen molar-refractivity contribution >= 4 is 11.9 Å². The van der Waals surface area contributed by atoms with Crippen molar-refractivity contribution in [3.05, 3.63) is 29.8 Å². The van der Waals surface area contributed by atoms with E-state index in [1.54, 1.807) is 12.1 Å². The van der Waals surface area contributed by atoms with Crippen molar-refractivity contribution in [2.75, 3.05) is 0 Å². The molecule has 0 bridgehead atoms. The van der Waals surface area contributed by atoms with Crippen molar-refractivity contribution in [1.82, 2.24) is 5.32 Å². The number of carboxylic acids is 1. The first-order valence-corrected chi connectivity index (χ1v) is 6.33. The molecule has 0 saturated heterocycles. The zero-order valence-electron chi connectivity index (χ0n) is 10.9. The standard InChI is InChI=1S/C14H19NO4/c1-2-3-7-12(14(18)19)15-13(17)9-10-5-4-6-11(16)8-10/h4-6,8,12,16H,2-3,7,9H2,1H3,(H,15,17)(H,18,19)/t12-/m0/s1. The van der Waals surface area contributed by atoms with Gasteiger partial charge < -0.3 is 15.5 Å². The number of hydrogen-bond acceptors (Lipinski definition) is 3. The molecule has 5 nitrogen and oxygen atoms in total. The Bertz CT molecular complexity index is 445. The number of nitrogens with one attached hydrogen (secondary N) is 1. The van der Waals surface area contributed by atoms with Crippen LogP contribution in [0.2, 0.25) is 0 Å². The van der Waals surface area contributed by atoms with Gasteiger partial charge in [-0.3, -0.25) is 4.79 Å². The van der Waals surface area contributed by atoms with Gasteiger partial charge >= 0.3 is 5.97 Å². The summed E-state index contributed by atoms with van der Waals surface area (Å²) in [7, 11) is 0. The molecule has 1 amide bonds. The van der Waals surface area contributed by atoms with Gasteiger partial charge in [0.1, 0.15) is 11.8 Å². The largest absolute Gasteiger partial charge is 0.508 e. The number of phenolic OH excluding ortho intramolecular Hbond substituents is 1. The lowest BCUT2D eigenvalue weighted by atomic mass is 10.1. The average molecular weight is 265 g/mol. The summed E-state index contributed by atoms with van der Waals surface area (Å²) >= 11 is 0. The van der Waals surface area contributed by atoms with Gasteiger partial charge in [0.2, 0.25) is 5.91 Å². The number of aromatic hydroxyl groups is 1. The van der Waals surface area contributed by atoms with E-state index in [4.69, 9.17) is 5.11 Å². The third-order valence-corrected chi connectivity index (χ3v) is 2.75. The Balaban J connectivity index is 2.55. The molecule has 1 rings (SSSR count). The second kappa shape index (κ2) is 7.41. The molecule has 0 spiro atoms. The third-order valence-electron chi connectivity index (χ3n) is 2.75. The molecule has 104 valence electrons. The molecular weight excluding hydrogens is 246 g/mol. The molecule has 3 N–H and O–H groups in total. The number of carboxylic acid groups (broad SMARTS) is 1. The summed E-state index contributed by atoms with van der Waals surface area (Å²) in [5, 5.41) is 20.8. The van der Waals surface area contributed by atoms with Gasteiger partial charge in [0.15, 0.2) is 0 Å². The number of hydrogen-bond donors (Lipinski definition) is 3. The number of carbonyl (C=O) groups excluding carboxylic acids is 1. The predicted molar refractivity (Wildman–Crippen MR) is 70.9 cm³/mol. The zero-order valence-corrected chi connectivity index (χ0v) is 10.9. The van der Waals surface area contributed by atoms with E-state index in [1.807, 2.05) is 6.92 Å². The molecule has 0 saturated carbocycles. The first-order valence-electron chi connectivity index (χ1n) is 6.33. The van der Waals surface area contributed by atoms with E-state index in [0.29, 0.717) is 12.0 Å². The number of aliphatic carboxylic acids is 1. The SMILES string of the molecule is CCCC[C@H](NC(=O)Cc1cccc(O)c1)C(=O)O. The van der Waals surface area contributed by atoms with Gasteiger partial charge in [0.05, 0.1) is 6.42 Å². The second-order valence-corrected chi connectivity index (χ2v) is 4.45. The summed E-state index contributed by atoms with van der Waals surface area (Å²) in [5.74, 6) is -1.28. The molecule has 0 aliphatic carbocycles. The van der Waals surface area contributed by atoms with E-state index in [9.17, 15) is 14.7 Å². The molecule has 0 fully saturated rings. The fraction of sp³-hybridized carbons (Fsp3) is 0.429. The summed E-state index contributed by atoms with van der Waals surface area (Å²) in [6.45, 7) is 1.97. The van der Waals surface area contributed by atoms with Crippen molar-refractivity contribution < 1.29 is 19.8 Å². The van der Waals surface area contributed by atoms with Crippen LogP contribution in [0.4, 0.5) is 0 Å². The zero-order chi connectivity index (χ0) is 14.3. The number of phenols is 1. The van der Waals surface area contributed by atoms with Crippen LogP contribution in [0.25, 0.3) is 0 Å². The molecule has 1 aromatic rings. The van der Waals surface area contributed by atoms with Crippen LogP contribution in [-0.2, 0) is 16.0 Å². The predicted octanol–water partition coefficient (Wildman–Crippen LogP) is 1.69. The van der Waals surface area contributed by atoms with E-state index in [-0.39, 0.29) is 18.1 Å². The Labute approximate surface area is 112 Å². The number of benzene rings is 1. The lowest BCUT2D eigenvalue weighted by molar-refractivity contribution is -0.142. The average Bonchev–Trinajstić information content (AvgIpc) is 2.34. The topological polar surface area (TPSA) is 86.6 Å². The Morgan fingerprint density at radius 3 is 2.68 bits per heavy atom. The summed E-state index contributed by atoms with van der Waals surface area (Å²) < 4.78 is 0. The van der Waals surface area contributed by atoms with Gasteiger partial charge in [-0.05, 0) is 24.1 Å². The van der Waals surface area contributed by atoms with Crippen molar-refractivity contribution in [3.63, 3.8) is 0 Å². The fourth-order valence-corrected chi connectivity index (χ4v) is 1.76. The highest BCUT2D eigenvalue weighted by Crippen LogP contribution is 2.11. The van der Waals surface area contributed by atoms with Crippen LogP contribution in [0.5, 0.6) is 5.75 Å². The van der Waals surface area contributed by atoms with E-state index >= 15 is 0 Å². The van der Waals surface area contributed by atoms with Crippen LogP contribution >= 0.6 is 0 Å². The molecule has 1 aromatic carbocycles. The second-order valence-electron chi connectivity index (χ2n) is 4.45.